The van der Waals surface area contributed by atoms with Gasteiger partial charge in [-0.15, -0.1) is 11.3 Å². The molecule has 1 saturated heterocycles. The lowest BCUT2D eigenvalue weighted by Gasteiger charge is -2.25. The molecular weight excluding hydrogens is 412 g/mol. The Hall–Kier alpha value is -2.10. The van der Waals surface area contributed by atoms with E-state index in [1.807, 2.05) is 35.2 Å². The number of carbonyl (C=O) groups excluding carboxylic acids is 1. The molecule has 1 aliphatic rings. The summed E-state index contributed by atoms with van der Waals surface area (Å²) in [6.45, 7) is 1.03. The molecule has 29 heavy (non-hydrogen) atoms. The number of nitrogens with one attached hydrogen (secondary N) is 1. The van der Waals surface area contributed by atoms with Gasteiger partial charge in [0.1, 0.15) is 0 Å². The van der Waals surface area contributed by atoms with Crippen LogP contribution in [0.15, 0.2) is 30.3 Å². The van der Waals surface area contributed by atoms with E-state index < -0.39 is 10.0 Å². The minimum atomic E-state index is -3.21. The lowest BCUT2D eigenvalue weighted by atomic mass is 10.0. The van der Waals surface area contributed by atoms with Gasteiger partial charge in [-0.2, -0.15) is 0 Å². The number of likely N-dealkylation sites (tertiary alicyclic amines) is 1. The number of ether oxygens (including phenoxy) is 2. The van der Waals surface area contributed by atoms with Crippen molar-refractivity contribution in [2.24, 2.45) is 0 Å². The van der Waals surface area contributed by atoms with Crippen molar-refractivity contribution < 1.29 is 22.7 Å². The third-order valence-corrected chi connectivity index (χ3v) is 6.78. The average Bonchev–Trinajstić information content (AvgIpc) is 3.35. The molecule has 2 aromatic rings. The number of benzene rings is 1. The SMILES string of the molecule is COc1ccc([C@H]2CCCN2C(=O)c2ccc(CCNS(C)(=O)=O)s2)cc1OC. The third kappa shape index (κ3) is 5.29. The molecule has 1 aromatic heterocycles. The van der Waals surface area contributed by atoms with E-state index in [4.69, 9.17) is 9.47 Å². The lowest BCUT2D eigenvalue weighted by Crippen LogP contribution is -2.30. The standard InChI is InChI=1S/C20H26N2O5S2/c1-26-17-8-6-14(13-18(17)27-2)16-5-4-12-22(16)20(23)19-9-7-15(28-19)10-11-21-29(3,24)25/h6-9,13,16,21H,4-5,10-12H2,1-3H3/t16-/m1/s1. The van der Waals surface area contributed by atoms with Gasteiger partial charge in [0, 0.05) is 18.0 Å². The number of carbonyl (C=O) groups is 1. The van der Waals surface area contributed by atoms with E-state index in [0.29, 0.717) is 35.9 Å². The van der Waals surface area contributed by atoms with Gasteiger partial charge >= 0.3 is 0 Å². The highest BCUT2D eigenvalue weighted by molar-refractivity contribution is 7.88. The fraction of sp³-hybridized carbons (Fsp3) is 0.450. The second-order valence-electron chi connectivity index (χ2n) is 6.95. The van der Waals surface area contributed by atoms with E-state index in [1.54, 1.807) is 14.2 Å². The summed E-state index contributed by atoms with van der Waals surface area (Å²) in [5.74, 6) is 1.33. The van der Waals surface area contributed by atoms with Gasteiger partial charge < -0.3 is 14.4 Å². The van der Waals surface area contributed by atoms with Gasteiger partial charge in [0.25, 0.3) is 5.91 Å². The molecule has 2 heterocycles. The molecule has 0 unspecified atom stereocenters. The maximum absolute atomic E-state index is 13.1. The van der Waals surface area contributed by atoms with Crippen molar-refractivity contribution in [3.63, 3.8) is 0 Å². The van der Waals surface area contributed by atoms with Crippen LogP contribution in [-0.4, -0.2) is 52.8 Å². The number of thiophene rings is 1. The molecule has 1 aromatic carbocycles. The predicted molar refractivity (Wildman–Crippen MR) is 113 cm³/mol. The number of sulfonamides is 1. The second-order valence-corrected chi connectivity index (χ2v) is 9.95. The van der Waals surface area contributed by atoms with E-state index >= 15 is 0 Å². The summed E-state index contributed by atoms with van der Waals surface area (Å²) in [6.07, 6.45) is 3.54. The zero-order valence-corrected chi connectivity index (χ0v) is 18.4. The molecule has 1 atom stereocenters. The highest BCUT2D eigenvalue weighted by Gasteiger charge is 2.31. The summed E-state index contributed by atoms with van der Waals surface area (Å²) >= 11 is 1.42. The first-order valence-electron chi connectivity index (χ1n) is 9.38. The molecule has 1 N–H and O–H groups in total. The fourth-order valence-electron chi connectivity index (χ4n) is 3.54. The average molecular weight is 439 g/mol. The minimum Gasteiger partial charge on any atom is -0.493 e. The number of hydrogen-bond donors (Lipinski definition) is 1. The van der Waals surface area contributed by atoms with Crippen molar-refractivity contribution in [3.05, 3.63) is 45.6 Å². The summed E-state index contributed by atoms with van der Waals surface area (Å²) in [5.41, 5.74) is 1.03. The molecule has 9 heteroatoms. The van der Waals surface area contributed by atoms with Crippen LogP contribution in [0.3, 0.4) is 0 Å². The fourth-order valence-corrected chi connectivity index (χ4v) is 4.98. The first kappa shape index (κ1) is 21.6. The van der Waals surface area contributed by atoms with E-state index in [2.05, 4.69) is 4.72 Å². The molecule has 158 valence electrons. The van der Waals surface area contributed by atoms with Crippen LogP contribution in [0.1, 0.15) is 39.0 Å². The Morgan fingerprint density at radius 2 is 1.97 bits per heavy atom. The molecular formula is C20H26N2O5S2. The summed E-state index contributed by atoms with van der Waals surface area (Å²) in [5, 5.41) is 0. The van der Waals surface area contributed by atoms with Crippen molar-refractivity contribution in [3.8, 4) is 11.5 Å². The Bertz CT molecular complexity index is 971. The minimum absolute atomic E-state index is 0.000225. The van der Waals surface area contributed by atoms with Crippen LogP contribution in [0, 0.1) is 0 Å². The van der Waals surface area contributed by atoms with Crippen molar-refractivity contribution in [1.82, 2.24) is 9.62 Å². The van der Waals surface area contributed by atoms with Crippen LogP contribution in [0.5, 0.6) is 11.5 Å². The first-order chi connectivity index (χ1) is 13.8. The van der Waals surface area contributed by atoms with Gasteiger partial charge in [-0.25, -0.2) is 13.1 Å². The van der Waals surface area contributed by atoms with Crippen molar-refractivity contribution in [2.75, 3.05) is 33.6 Å². The molecule has 1 aliphatic heterocycles. The Morgan fingerprint density at radius 1 is 1.21 bits per heavy atom. The molecule has 0 spiro atoms. The smallest absolute Gasteiger partial charge is 0.264 e. The third-order valence-electron chi connectivity index (χ3n) is 4.91. The Morgan fingerprint density at radius 3 is 2.66 bits per heavy atom. The molecule has 1 amide bonds. The van der Waals surface area contributed by atoms with E-state index in [0.717, 1.165) is 29.5 Å². The van der Waals surface area contributed by atoms with Crippen LogP contribution < -0.4 is 14.2 Å². The van der Waals surface area contributed by atoms with Crippen LogP contribution in [0.2, 0.25) is 0 Å². The predicted octanol–water partition coefficient (Wildman–Crippen LogP) is 2.83. The Labute approximate surface area is 175 Å². The van der Waals surface area contributed by atoms with Gasteiger partial charge in [0.05, 0.1) is 31.4 Å². The van der Waals surface area contributed by atoms with E-state index in [1.165, 1.54) is 11.3 Å². The summed E-state index contributed by atoms with van der Waals surface area (Å²) in [4.78, 5) is 16.7. The number of hydrogen-bond acceptors (Lipinski definition) is 6. The number of nitrogens with zero attached hydrogens (tertiary/aromatic N) is 1. The van der Waals surface area contributed by atoms with Crippen molar-refractivity contribution in [1.29, 1.82) is 0 Å². The first-order valence-corrected chi connectivity index (χ1v) is 12.1. The van der Waals surface area contributed by atoms with Crippen LogP contribution in [0.25, 0.3) is 0 Å². The monoisotopic (exact) mass is 438 g/mol. The molecule has 7 nitrogen and oxygen atoms in total. The number of methoxy groups -OCH3 is 2. The molecule has 0 radical (unpaired) electrons. The van der Waals surface area contributed by atoms with Crippen molar-refractivity contribution >= 4 is 27.3 Å². The molecule has 1 fully saturated rings. The second kappa shape index (κ2) is 9.15. The maximum atomic E-state index is 13.1. The summed E-state index contributed by atoms with van der Waals surface area (Å²) in [6, 6.07) is 9.50. The highest BCUT2D eigenvalue weighted by atomic mass is 32.2. The molecule has 0 aliphatic carbocycles. The lowest BCUT2D eigenvalue weighted by molar-refractivity contribution is 0.0740. The topological polar surface area (TPSA) is 84.9 Å². The normalized spacial score (nSPS) is 16.8. The highest BCUT2D eigenvalue weighted by Crippen LogP contribution is 2.38. The van der Waals surface area contributed by atoms with E-state index in [9.17, 15) is 13.2 Å². The molecule has 0 bridgehead atoms. The molecule has 0 saturated carbocycles. The van der Waals surface area contributed by atoms with E-state index in [-0.39, 0.29) is 11.9 Å². The summed E-state index contributed by atoms with van der Waals surface area (Å²) < 4.78 is 35.5. The van der Waals surface area contributed by atoms with Gasteiger partial charge in [-0.1, -0.05) is 6.07 Å². The summed E-state index contributed by atoms with van der Waals surface area (Å²) in [7, 11) is -0.00322. The van der Waals surface area contributed by atoms with Gasteiger partial charge in [-0.05, 0) is 49.1 Å². The number of amides is 1. The zero-order chi connectivity index (χ0) is 21.0. The zero-order valence-electron chi connectivity index (χ0n) is 16.8. The van der Waals surface area contributed by atoms with Crippen molar-refractivity contribution in [2.45, 2.75) is 25.3 Å². The molecule has 3 rings (SSSR count). The quantitative estimate of drug-likeness (QED) is 0.685. The number of rotatable bonds is 8. The van der Waals surface area contributed by atoms with Gasteiger partial charge in [0.2, 0.25) is 10.0 Å². The van der Waals surface area contributed by atoms with Crippen LogP contribution >= 0.6 is 11.3 Å². The largest absolute Gasteiger partial charge is 0.493 e. The Kier molecular flexibility index (Phi) is 6.81. The maximum Gasteiger partial charge on any atom is 0.264 e. The van der Waals surface area contributed by atoms with Crippen LogP contribution in [-0.2, 0) is 16.4 Å². The van der Waals surface area contributed by atoms with Crippen LogP contribution in [0.4, 0.5) is 0 Å². The van der Waals surface area contributed by atoms with Gasteiger partial charge in [-0.3, -0.25) is 4.79 Å². The Balaban J connectivity index is 1.72. The van der Waals surface area contributed by atoms with Gasteiger partial charge in [0.15, 0.2) is 11.5 Å².